The lowest BCUT2D eigenvalue weighted by Gasteiger charge is -2.35. The highest BCUT2D eigenvalue weighted by atomic mass is 79.9. The molecule has 0 saturated carbocycles. The first-order valence-electron chi connectivity index (χ1n) is 9.64. The number of aryl methyl sites for hydroxylation is 1. The number of hydrogen-bond donors (Lipinski definition) is 1. The van der Waals surface area contributed by atoms with Crippen molar-refractivity contribution >= 4 is 33.7 Å². The summed E-state index contributed by atoms with van der Waals surface area (Å²) in [6, 6.07) is 11.7. The molecule has 0 aliphatic carbocycles. The monoisotopic (exact) mass is 474 g/mol. The number of carbonyl (C=O) groups excluding carboxylic acids is 2. The third kappa shape index (κ3) is 5.38. The zero-order chi connectivity index (χ0) is 21.7. The Balaban J connectivity index is 1.47. The molecule has 3 rings (SSSR count). The molecule has 7 nitrogen and oxygen atoms in total. The molecule has 1 saturated heterocycles. The average molecular weight is 475 g/mol. The van der Waals surface area contributed by atoms with Crippen molar-refractivity contribution in [2.24, 2.45) is 0 Å². The fourth-order valence-electron chi connectivity index (χ4n) is 3.25. The molecule has 1 fully saturated rings. The molecule has 0 aromatic heterocycles. The second-order valence-corrected chi connectivity index (χ2v) is 7.92. The first-order chi connectivity index (χ1) is 14.3. The third-order valence-corrected chi connectivity index (χ3v) is 5.88. The Morgan fingerprint density at radius 3 is 2.33 bits per heavy atom. The Hall–Kier alpha value is -2.87. The van der Waals surface area contributed by atoms with Gasteiger partial charge in [0.15, 0.2) is 0 Å². The molecule has 1 aliphatic heterocycles. The van der Waals surface area contributed by atoms with Crippen LogP contribution in [0.3, 0.4) is 0 Å². The van der Waals surface area contributed by atoms with E-state index in [4.69, 9.17) is 9.84 Å². The van der Waals surface area contributed by atoms with E-state index in [1.165, 1.54) is 12.1 Å². The summed E-state index contributed by atoms with van der Waals surface area (Å²) in [5.74, 6) is -0.578. The lowest BCUT2D eigenvalue weighted by molar-refractivity contribution is -0.133. The van der Waals surface area contributed by atoms with Crippen molar-refractivity contribution in [1.82, 2.24) is 9.80 Å². The van der Waals surface area contributed by atoms with Crippen LogP contribution in [-0.4, -0.2) is 65.5 Å². The molecule has 0 atom stereocenters. The van der Waals surface area contributed by atoms with Gasteiger partial charge in [-0.1, -0.05) is 22.0 Å². The Morgan fingerprint density at radius 2 is 1.67 bits per heavy atom. The minimum Gasteiger partial charge on any atom is -0.493 e. The van der Waals surface area contributed by atoms with Gasteiger partial charge in [0.2, 0.25) is 5.91 Å². The summed E-state index contributed by atoms with van der Waals surface area (Å²) in [4.78, 5) is 39.6. The fourth-order valence-corrected chi connectivity index (χ4v) is 3.49. The number of ether oxygens (including phenoxy) is 1. The van der Waals surface area contributed by atoms with Crippen molar-refractivity contribution in [2.75, 3.05) is 32.8 Å². The molecule has 8 heteroatoms. The van der Waals surface area contributed by atoms with Gasteiger partial charge in [0.25, 0.3) is 5.91 Å². The van der Waals surface area contributed by atoms with Gasteiger partial charge in [0.05, 0.1) is 18.6 Å². The summed E-state index contributed by atoms with van der Waals surface area (Å²) >= 11 is 3.44. The lowest BCUT2D eigenvalue weighted by Crippen LogP contribution is -2.50. The van der Waals surface area contributed by atoms with E-state index in [0.29, 0.717) is 38.3 Å². The standard InChI is InChI=1S/C22H23BrN2O5/c1-15-13-18(5-6-19(15)23)30-12-7-20(26)24-8-10-25(11-9-24)21(27)16-3-2-4-17(14-16)22(28)29/h2-6,13-14H,7-12H2,1H3,(H,28,29). The van der Waals surface area contributed by atoms with Gasteiger partial charge in [-0.3, -0.25) is 9.59 Å². The zero-order valence-electron chi connectivity index (χ0n) is 16.6. The number of amides is 2. The van der Waals surface area contributed by atoms with Gasteiger partial charge in [-0.05, 0) is 48.9 Å². The van der Waals surface area contributed by atoms with Crippen LogP contribution in [0.1, 0.15) is 32.7 Å². The van der Waals surface area contributed by atoms with Crippen LogP contribution < -0.4 is 4.74 Å². The van der Waals surface area contributed by atoms with Gasteiger partial charge < -0.3 is 19.6 Å². The smallest absolute Gasteiger partial charge is 0.335 e. The van der Waals surface area contributed by atoms with Crippen molar-refractivity contribution in [3.8, 4) is 5.75 Å². The molecule has 1 N–H and O–H groups in total. The van der Waals surface area contributed by atoms with E-state index in [9.17, 15) is 14.4 Å². The van der Waals surface area contributed by atoms with E-state index in [0.717, 1.165) is 15.8 Å². The quantitative estimate of drug-likeness (QED) is 0.694. The van der Waals surface area contributed by atoms with E-state index in [1.807, 2.05) is 25.1 Å². The Morgan fingerprint density at radius 1 is 1.00 bits per heavy atom. The van der Waals surface area contributed by atoms with Crippen LogP contribution in [0.5, 0.6) is 5.75 Å². The first-order valence-corrected chi connectivity index (χ1v) is 10.4. The average Bonchev–Trinajstić information content (AvgIpc) is 2.75. The molecule has 30 heavy (non-hydrogen) atoms. The molecule has 158 valence electrons. The topological polar surface area (TPSA) is 87.2 Å². The number of carbonyl (C=O) groups is 3. The number of carboxylic acids is 1. The predicted octanol–water partition coefficient (Wildman–Crippen LogP) is 3.21. The van der Waals surface area contributed by atoms with E-state index >= 15 is 0 Å². The molecular formula is C22H23BrN2O5. The second-order valence-electron chi connectivity index (χ2n) is 7.07. The molecule has 2 aromatic rings. The van der Waals surface area contributed by atoms with Crippen molar-refractivity contribution in [1.29, 1.82) is 0 Å². The number of hydrogen-bond acceptors (Lipinski definition) is 4. The number of nitrogens with zero attached hydrogens (tertiary/aromatic N) is 2. The second kappa shape index (κ2) is 9.75. The summed E-state index contributed by atoms with van der Waals surface area (Å²) in [7, 11) is 0. The summed E-state index contributed by atoms with van der Waals surface area (Å²) in [6.45, 7) is 3.98. The molecular weight excluding hydrogens is 452 g/mol. The maximum atomic E-state index is 12.6. The first kappa shape index (κ1) is 21.8. The normalized spacial score (nSPS) is 13.8. The van der Waals surface area contributed by atoms with E-state index in [2.05, 4.69) is 15.9 Å². The molecule has 0 spiro atoms. The van der Waals surface area contributed by atoms with Gasteiger partial charge in [-0.2, -0.15) is 0 Å². The van der Waals surface area contributed by atoms with Gasteiger partial charge in [-0.15, -0.1) is 0 Å². The number of aromatic carboxylic acids is 1. The van der Waals surface area contributed by atoms with Crippen LogP contribution in [-0.2, 0) is 4.79 Å². The van der Waals surface area contributed by atoms with Crippen molar-refractivity contribution in [3.63, 3.8) is 0 Å². The molecule has 1 aliphatic rings. The summed E-state index contributed by atoms with van der Waals surface area (Å²) in [5, 5.41) is 9.09. The molecule has 0 bridgehead atoms. The van der Waals surface area contributed by atoms with E-state index < -0.39 is 5.97 Å². The zero-order valence-corrected chi connectivity index (χ0v) is 18.2. The minimum atomic E-state index is -1.07. The Bertz CT molecular complexity index is 954. The third-order valence-electron chi connectivity index (χ3n) is 4.99. The van der Waals surface area contributed by atoms with Crippen molar-refractivity contribution < 1.29 is 24.2 Å². The summed E-state index contributed by atoms with van der Waals surface area (Å²) in [5.41, 5.74) is 1.48. The number of rotatable bonds is 6. The summed E-state index contributed by atoms with van der Waals surface area (Å²) < 4.78 is 6.68. The predicted molar refractivity (Wildman–Crippen MR) is 115 cm³/mol. The van der Waals surface area contributed by atoms with Crippen LogP contribution in [0, 0.1) is 6.92 Å². The van der Waals surface area contributed by atoms with E-state index in [1.54, 1.807) is 21.9 Å². The Kier molecular flexibility index (Phi) is 7.10. The number of piperazine rings is 1. The lowest BCUT2D eigenvalue weighted by atomic mass is 10.1. The van der Waals surface area contributed by atoms with Crippen LogP contribution in [0.4, 0.5) is 0 Å². The maximum Gasteiger partial charge on any atom is 0.335 e. The molecule has 2 aromatic carbocycles. The molecule has 0 radical (unpaired) electrons. The van der Waals surface area contributed by atoms with E-state index in [-0.39, 0.29) is 23.8 Å². The van der Waals surface area contributed by atoms with Crippen LogP contribution >= 0.6 is 15.9 Å². The molecule has 2 amide bonds. The highest BCUT2D eigenvalue weighted by Crippen LogP contribution is 2.21. The highest BCUT2D eigenvalue weighted by molar-refractivity contribution is 9.10. The number of halogens is 1. The van der Waals surface area contributed by atoms with Crippen LogP contribution in [0.25, 0.3) is 0 Å². The van der Waals surface area contributed by atoms with Crippen molar-refractivity contribution in [3.05, 3.63) is 63.6 Å². The largest absolute Gasteiger partial charge is 0.493 e. The van der Waals surface area contributed by atoms with Gasteiger partial charge in [0.1, 0.15) is 5.75 Å². The molecule has 1 heterocycles. The summed E-state index contributed by atoms with van der Waals surface area (Å²) in [6.07, 6.45) is 0.268. The SMILES string of the molecule is Cc1cc(OCCC(=O)N2CCN(C(=O)c3cccc(C(=O)O)c3)CC2)ccc1Br. The maximum absolute atomic E-state index is 12.6. The number of benzene rings is 2. The van der Waals surface area contributed by atoms with Crippen molar-refractivity contribution in [2.45, 2.75) is 13.3 Å². The molecule has 0 unspecified atom stereocenters. The van der Waals surface area contributed by atoms with Crippen LogP contribution in [0.2, 0.25) is 0 Å². The fraction of sp³-hybridized carbons (Fsp3) is 0.318. The van der Waals surface area contributed by atoms with Gasteiger partial charge in [-0.25, -0.2) is 4.79 Å². The minimum absolute atomic E-state index is 0.0104. The van der Waals surface area contributed by atoms with Gasteiger partial charge in [0, 0.05) is 36.2 Å². The number of carboxylic acid groups (broad SMARTS) is 1. The van der Waals surface area contributed by atoms with Crippen LogP contribution in [0.15, 0.2) is 46.9 Å². The van der Waals surface area contributed by atoms with Gasteiger partial charge >= 0.3 is 5.97 Å². The highest BCUT2D eigenvalue weighted by Gasteiger charge is 2.25. The Labute approximate surface area is 183 Å².